The molecule has 1 aromatic carbocycles. The average Bonchev–Trinajstić information content (AvgIpc) is 3.31. The minimum absolute atomic E-state index is 0.266. The molecule has 1 aliphatic carbocycles. The van der Waals surface area contributed by atoms with E-state index >= 15 is 0 Å². The van der Waals surface area contributed by atoms with Crippen molar-refractivity contribution in [3.05, 3.63) is 48.0 Å². The highest BCUT2D eigenvalue weighted by Crippen LogP contribution is 2.49. The van der Waals surface area contributed by atoms with E-state index in [2.05, 4.69) is 22.2 Å². The van der Waals surface area contributed by atoms with Crippen molar-refractivity contribution in [2.75, 3.05) is 19.6 Å². The van der Waals surface area contributed by atoms with Gasteiger partial charge in [-0.15, -0.1) is 6.58 Å². The molecule has 0 spiro atoms. The van der Waals surface area contributed by atoms with Crippen LogP contribution in [0, 0.1) is 0 Å². The second-order valence-corrected chi connectivity index (χ2v) is 5.72. The molecule has 1 aliphatic rings. The number of halogens is 3. The Morgan fingerprint density at radius 2 is 2.09 bits per heavy atom. The van der Waals surface area contributed by atoms with Crippen LogP contribution >= 0.6 is 0 Å². The van der Waals surface area contributed by atoms with E-state index in [0.29, 0.717) is 19.0 Å². The molecule has 0 unspecified atom stereocenters. The summed E-state index contributed by atoms with van der Waals surface area (Å²) in [4.78, 5) is 4.52. The van der Waals surface area contributed by atoms with Crippen molar-refractivity contribution in [1.82, 2.24) is 10.6 Å². The Morgan fingerprint density at radius 3 is 2.65 bits per heavy atom. The van der Waals surface area contributed by atoms with Gasteiger partial charge < -0.3 is 10.6 Å². The van der Waals surface area contributed by atoms with E-state index in [4.69, 9.17) is 0 Å². The molecule has 3 nitrogen and oxygen atoms in total. The monoisotopic (exact) mass is 325 g/mol. The number of aliphatic imine (C=N–C) groups is 1. The number of benzene rings is 1. The molecule has 0 amide bonds. The molecular weight excluding hydrogens is 303 g/mol. The first-order valence-corrected chi connectivity index (χ1v) is 7.72. The SMILES string of the molecule is C=CCNC(=NCC1(c2cccc(C(F)(F)F)c2)CC1)NCC. The molecule has 1 aromatic rings. The molecular formula is C17H22F3N3. The van der Waals surface area contributed by atoms with Gasteiger partial charge in [0.1, 0.15) is 0 Å². The lowest BCUT2D eigenvalue weighted by molar-refractivity contribution is -0.137. The summed E-state index contributed by atoms with van der Waals surface area (Å²) < 4.78 is 38.6. The molecule has 126 valence electrons. The molecule has 2 rings (SSSR count). The average molecular weight is 325 g/mol. The lowest BCUT2D eigenvalue weighted by Crippen LogP contribution is -2.38. The Hall–Kier alpha value is -1.98. The molecule has 0 atom stereocenters. The summed E-state index contributed by atoms with van der Waals surface area (Å²) in [5, 5.41) is 6.21. The molecule has 0 saturated heterocycles. The summed E-state index contributed by atoms with van der Waals surface area (Å²) in [6.07, 6.45) is -0.861. The fraction of sp³-hybridized carbons (Fsp3) is 0.471. The highest BCUT2D eigenvalue weighted by Gasteiger charge is 2.45. The van der Waals surface area contributed by atoms with Crippen LogP contribution in [0.2, 0.25) is 0 Å². The summed E-state index contributed by atoms with van der Waals surface area (Å²) in [6.45, 7) is 7.39. The Balaban J connectivity index is 2.14. The maximum Gasteiger partial charge on any atom is 0.416 e. The third kappa shape index (κ3) is 4.50. The fourth-order valence-electron chi connectivity index (χ4n) is 2.46. The van der Waals surface area contributed by atoms with E-state index in [1.807, 2.05) is 6.92 Å². The second kappa shape index (κ2) is 7.06. The zero-order chi connectivity index (χ0) is 16.9. The highest BCUT2D eigenvalue weighted by molar-refractivity contribution is 5.80. The number of nitrogens with zero attached hydrogens (tertiary/aromatic N) is 1. The predicted octanol–water partition coefficient (Wildman–Crippen LogP) is 3.48. The van der Waals surface area contributed by atoms with Crippen LogP contribution in [0.1, 0.15) is 30.9 Å². The minimum Gasteiger partial charge on any atom is -0.357 e. The standard InChI is InChI=1S/C17H22F3N3/c1-3-10-22-15(21-4-2)23-12-16(8-9-16)13-6-5-7-14(11-13)17(18,19)20/h3,5-7,11H,1,4,8-10,12H2,2H3,(H2,21,22,23). The molecule has 0 radical (unpaired) electrons. The van der Waals surface area contributed by atoms with E-state index in [1.165, 1.54) is 12.1 Å². The number of alkyl halides is 3. The van der Waals surface area contributed by atoms with Crippen LogP contribution in [0.4, 0.5) is 13.2 Å². The van der Waals surface area contributed by atoms with Gasteiger partial charge in [0.15, 0.2) is 5.96 Å². The number of hydrogen-bond acceptors (Lipinski definition) is 1. The molecule has 1 saturated carbocycles. The number of rotatable bonds is 6. The van der Waals surface area contributed by atoms with Crippen LogP contribution < -0.4 is 10.6 Å². The topological polar surface area (TPSA) is 36.4 Å². The number of hydrogen-bond donors (Lipinski definition) is 2. The normalized spacial score (nSPS) is 16.8. The molecule has 2 N–H and O–H groups in total. The smallest absolute Gasteiger partial charge is 0.357 e. The van der Waals surface area contributed by atoms with Crippen molar-refractivity contribution in [2.24, 2.45) is 4.99 Å². The van der Waals surface area contributed by atoms with Gasteiger partial charge in [-0.3, -0.25) is 4.99 Å². The van der Waals surface area contributed by atoms with Gasteiger partial charge in [0.05, 0.1) is 12.1 Å². The number of guanidine groups is 1. The summed E-state index contributed by atoms with van der Waals surface area (Å²) in [7, 11) is 0. The van der Waals surface area contributed by atoms with Gasteiger partial charge in [0.25, 0.3) is 0 Å². The van der Waals surface area contributed by atoms with Crippen molar-refractivity contribution in [2.45, 2.75) is 31.4 Å². The Labute approximate surface area is 134 Å². The van der Waals surface area contributed by atoms with E-state index in [1.54, 1.807) is 12.1 Å². The zero-order valence-corrected chi connectivity index (χ0v) is 13.2. The van der Waals surface area contributed by atoms with Crippen molar-refractivity contribution in [3.63, 3.8) is 0 Å². The van der Waals surface area contributed by atoms with Crippen molar-refractivity contribution < 1.29 is 13.2 Å². The maximum atomic E-state index is 12.9. The summed E-state index contributed by atoms with van der Waals surface area (Å²) in [5.41, 5.74) is -0.143. The Bertz CT molecular complexity index is 575. The predicted molar refractivity (Wildman–Crippen MR) is 86.5 cm³/mol. The molecule has 6 heteroatoms. The van der Waals surface area contributed by atoms with Gasteiger partial charge in [-0.05, 0) is 31.4 Å². The summed E-state index contributed by atoms with van der Waals surface area (Å²) in [5.74, 6) is 0.658. The zero-order valence-electron chi connectivity index (χ0n) is 13.2. The van der Waals surface area contributed by atoms with Gasteiger partial charge in [-0.25, -0.2) is 0 Å². The molecule has 0 heterocycles. The second-order valence-electron chi connectivity index (χ2n) is 5.72. The van der Waals surface area contributed by atoms with E-state index in [0.717, 1.165) is 31.0 Å². The van der Waals surface area contributed by atoms with Gasteiger partial charge in [0, 0.05) is 18.5 Å². The van der Waals surface area contributed by atoms with Crippen LogP contribution in [0.25, 0.3) is 0 Å². The van der Waals surface area contributed by atoms with Crippen molar-refractivity contribution >= 4 is 5.96 Å². The van der Waals surface area contributed by atoms with Crippen LogP contribution in [-0.2, 0) is 11.6 Å². The third-order valence-electron chi connectivity index (χ3n) is 3.95. The fourth-order valence-corrected chi connectivity index (χ4v) is 2.46. The van der Waals surface area contributed by atoms with Crippen molar-refractivity contribution in [1.29, 1.82) is 0 Å². The van der Waals surface area contributed by atoms with E-state index in [-0.39, 0.29) is 5.41 Å². The molecule has 0 aromatic heterocycles. The lowest BCUT2D eigenvalue weighted by Gasteiger charge is -2.17. The van der Waals surface area contributed by atoms with Crippen LogP contribution in [0.3, 0.4) is 0 Å². The largest absolute Gasteiger partial charge is 0.416 e. The quantitative estimate of drug-likeness (QED) is 0.477. The summed E-state index contributed by atoms with van der Waals surface area (Å²) in [6, 6.07) is 5.61. The molecule has 0 aliphatic heterocycles. The molecule has 1 fully saturated rings. The summed E-state index contributed by atoms with van der Waals surface area (Å²) >= 11 is 0. The van der Waals surface area contributed by atoms with Gasteiger partial charge in [0.2, 0.25) is 0 Å². The van der Waals surface area contributed by atoms with E-state index in [9.17, 15) is 13.2 Å². The van der Waals surface area contributed by atoms with E-state index < -0.39 is 11.7 Å². The lowest BCUT2D eigenvalue weighted by atomic mass is 9.94. The molecule has 0 bridgehead atoms. The third-order valence-corrected chi connectivity index (χ3v) is 3.95. The highest BCUT2D eigenvalue weighted by atomic mass is 19.4. The van der Waals surface area contributed by atoms with Gasteiger partial charge in [-0.2, -0.15) is 13.2 Å². The van der Waals surface area contributed by atoms with Gasteiger partial charge in [-0.1, -0.05) is 24.3 Å². The Kier molecular flexibility index (Phi) is 5.34. The van der Waals surface area contributed by atoms with Crippen molar-refractivity contribution in [3.8, 4) is 0 Å². The first kappa shape index (κ1) is 17.4. The maximum absolute atomic E-state index is 12.9. The van der Waals surface area contributed by atoms with Crippen LogP contribution in [-0.4, -0.2) is 25.6 Å². The number of nitrogens with one attached hydrogen (secondary N) is 2. The Morgan fingerprint density at radius 1 is 1.35 bits per heavy atom. The first-order valence-electron chi connectivity index (χ1n) is 7.72. The molecule has 23 heavy (non-hydrogen) atoms. The van der Waals surface area contributed by atoms with Crippen LogP contribution in [0.15, 0.2) is 41.9 Å². The first-order chi connectivity index (χ1) is 10.9. The van der Waals surface area contributed by atoms with Gasteiger partial charge >= 0.3 is 6.18 Å². The minimum atomic E-state index is -4.31. The van der Waals surface area contributed by atoms with Crippen LogP contribution in [0.5, 0.6) is 0 Å².